The maximum atomic E-state index is 13.5. The third-order valence-electron chi connectivity index (χ3n) is 9.72. The second-order valence-corrected chi connectivity index (χ2v) is 13.9. The molecular weight excluding hydrogens is 789 g/mol. The number of carbonyl (C=O) groups is 5. The van der Waals surface area contributed by atoms with Gasteiger partial charge in [0.25, 0.3) is 23.6 Å². The van der Waals surface area contributed by atoms with Gasteiger partial charge in [-0.3, -0.25) is 24.1 Å². The molecule has 61 heavy (non-hydrogen) atoms. The van der Waals surface area contributed by atoms with Crippen molar-refractivity contribution in [3.8, 4) is 28.7 Å². The monoisotopic (exact) mass is 830 g/mol. The van der Waals surface area contributed by atoms with Crippen molar-refractivity contribution in [2.24, 2.45) is 5.73 Å². The second kappa shape index (κ2) is 18.3. The Morgan fingerprint density at radius 3 is 1.87 bits per heavy atom. The number of carboxylic acids is 1. The van der Waals surface area contributed by atoms with E-state index in [9.17, 15) is 44.4 Å². The zero-order valence-corrected chi connectivity index (χ0v) is 33.1. The fourth-order valence-electron chi connectivity index (χ4n) is 6.61. The molecule has 0 radical (unpaired) electrons. The molecular formula is C44H42N6O11. The highest BCUT2D eigenvalue weighted by molar-refractivity contribution is 6.10. The molecule has 5 aromatic carbocycles. The number of methoxy groups -OCH3 is 2. The van der Waals surface area contributed by atoms with Crippen LogP contribution in [0.15, 0.2) is 103 Å². The van der Waals surface area contributed by atoms with E-state index in [1.54, 1.807) is 36.4 Å². The number of phenolic OH excluding ortho intramolecular Hbond substituents is 2. The van der Waals surface area contributed by atoms with Gasteiger partial charge in [0.05, 0.1) is 37.3 Å². The topological polar surface area (TPSA) is 262 Å². The van der Waals surface area contributed by atoms with E-state index in [1.165, 1.54) is 61.6 Å². The number of rotatable bonds is 14. The summed E-state index contributed by atoms with van der Waals surface area (Å²) >= 11 is 0. The maximum absolute atomic E-state index is 13.5. The quantitative estimate of drug-likeness (QED) is 0.0684. The molecule has 1 fully saturated rings. The fraction of sp³-hybridized carbons (Fsp3) is 0.159. The molecule has 0 aliphatic carbocycles. The standard InChI is InChI=1S/C44H42N6O11/c1-23(20-24-4-14-29(51)15-5-24)22-46-27-10-6-25(7-11-27)41(55)49-34-21-35(45)50(43(34)57)28-12-8-26(9-13-28)40(54)47-32-18-16-30(36(52)38(32)60-2)42(56)48-33-19-17-31(44(58)59)37(53)39(33)61-3/h4-20,34-35,46,51-53H,21-22,45H2,1-3H3,(H,47,54)(H,48,56)(H,49,55)(H,58,59)/b23-20+/t34-,35?/m0/s1. The van der Waals surface area contributed by atoms with Gasteiger partial charge in [-0.2, -0.15) is 0 Å². The van der Waals surface area contributed by atoms with Crippen LogP contribution in [0.25, 0.3) is 6.08 Å². The van der Waals surface area contributed by atoms with E-state index >= 15 is 0 Å². The number of benzene rings is 5. The number of nitrogens with one attached hydrogen (secondary N) is 4. The molecule has 4 amide bonds. The van der Waals surface area contributed by atoms with Gasteiger partial charge in [-0.15, -0.1) is 0 Å². The van der Waals surface area contributed by atoms with E-state index in [0.29, 0.717) is 17.8 Å². The van der Waals surface area contributed by atoms with Gasteiger partial charge >= 0.3 is 5.97 Å². The molecule has 0 spiro atoms. The summed E-state index contributed by atoms with van der Waals surface area (Å²) < 4.78 is 10.4. The van der Waals surface area contributed by atoms with Gasteiger partial charge in [-0.05, 0) is 97.4 Å². The molecule has 1 saturated heterocycles. The van der Waals surface area contributed by atoms with Crippen LogP contribution in [0.1, 0.15) is 60.3 Å². The van der Waals surface area contributed by atoms with Gasteiger partial charge in [0.2, 0.25) is 0 Å². The largest absolute Gasteiger partial charge is 0.508 e. The Labute approximate surface area is 349 Å². The molecule has 6 rings (SSSR count). The van der Waals surface area contributed by atoms with Gasteiger partial charge in [-0.1, -0.05) is 23.8 Å². The first kappa shape index (κ1) is 42.6. The fourth-order valence-corrected chi connectivity index (χ4v) is 6.61. The first-order valence-corrected chi connectivity index (χ1v) is 18.6. The normalized spacial score (nSPS) is 14.9. The minimum atomic E-state index is -1.41. The predicted molar refractivity (Wildman–Crippen MR) is 227 cm³/mol. The molecule has 0 aromatic heterocycles. The molecule has 17 heteroatoms. The summed E-state index contributed by atoms with van der Waals surface area (Å²) in [5, 5.41) is 51.1. The summed E-state index contributed by atoms with van der Waals surface area (Å²) in [6.45, 7) is 2.53. The summed E-state index contributed by atoms with van der Waals surface area (Å²) in [5.41, 5.74) is 9.26. The van der Waals surface area contributed by atoms with Crippen molar-refractivity contribution in [2.45, 2.75) is 25.6 Å². The minimum Gasteiger partial charge on any atom is -0.508 e. The lowest BCUT2D eigenvalue weighted by atomic mass is 10.1. The number of phenols is 3. The van der Waals surface area contributed by atoms with Crippen molar-refractivity contribution in [2.75, 3.05) is 41.6 Å². The molecule has 2 atom stereocenters. The Balaban J connectivity index is 1.05. The average molecular weight is 831 g/mol. The highest BCUT2D eigenvalue weighted by Gasteiger charge is 2.39. The first-order valence-electron chi connectivity index (χ1n) is 18.6. The number of anilines is 4. The summed E-state index contributed by atoms with van der Waals surface area (Å²) in [5.74, 6) is -5.47. The number of nitrogens with two attached hydrogens (primary N) is 1. The number of carbonyl (C=O) groups excluding carboxylic acids is 4. The number of hydrogen-bond acceptors (Lipinski definition) is 12. The highest BCUT2D eigenvalue weighted by atomic mass is 16.5. The Hall–Kier alpha value is -8.05. The second-order valence-electron chi connectivity index (χ2n) is 13.9. The Bertz CT molecular complexity index is 2520. The number of amides is 4. The van der Waals surface area contributed by atoms with Crippen molar-refractivity contribution >= 4 is 58.4 Å². The van der Waals surface area contributed by atoms with Crippen molar-refractivity contribution in [3.05, 3.63) is 130 Å². The maximum Gasteiger partial charge on any atom is 0.339 e. The van der Waals surface area contributed by atoms with Gasteiger partial charge in [0.1, 0.15) is 17.4 Å². The highest BCUT2D eigenvalue weighted by Crippen LogP contribution is 2.40. The number of nitrogens with zero attached hydrogens (tertiary/aromatic N) is 1. The van der Waals surface area contributed by atoms with E-state index in [-0.39, 0.29) is 46.2 Å². The summed E-state index contributed by atoms with van der Waals surface area (Å²) in [6.07, 6.45) is 1.37. The smallest absolute Gasteiger partial charge is 0.339 e. The van der Waals surface area contributed by atoms with E-state index < -0.39 is 58.9 Å². The summed E-state index contributed by atoms with van der Waals surface area (Å²) in [7, 11) is 2.39. The zero-order valence-electron chi connectivity index (χ0n) is 33.1. The van der Waals surface area contributed by atoms with Crippen molar-refractivity contribution in [3.63, 3.8) is 0 Å². The number of carboxylic acid groups (broad SMARTS) is 1. The van der Waals surface area contributed by atoms with Crippen LogP contribution >= 0.6 is 0 Å². The molecule has 17 nitrogen and oxygen atoms in total. The zero-order chi connectivity index (χ0) is 44.0. The van der Waals surface area contributed by atoms with Crippen molar-refractivity contribution < 1.29 is 53.9 Å². The average Bonchev–Trinajstić information content (AvgIpc) is 3.52. The van der Waals surface area contributed by atoms with Crippen LogP contribution in [-0.2, 0) is 4.79 Å². The first-order chi connectivity index (χ1) is 29.2. The number of hydrogen-bond donors (Lipinski definition) is 9. The van der Waals surface area contributed by atoms with Gasteiger partial charge in [-0.25, -0.2) is 4.79 Å². The molecule has 5 aromatic rings. The van der Waals surface area contributed by atoms with Crippen LogP contribution in [0, 0.1) is 0 Å². The Kier molecular flexibility index (Phi) is 12.7. The lowest BCUT2D eigenvalue weighted by Crippen LogP contribution is -2.43. The lowest BCUT2D eigenvalue weighted by molar-refractivity contribution is -0.118. The molecule has 1 aliphatic heterocycles. The van der Waals surface area contributed by atoms with E-state index in [4.69, 9.17) is 15.2 Å². The molecule has 1 heterocycles. The van der Waals surface area contributed by atoms with E-state index in [2.05, 4.69) is 21.3 Å². The Morgan fingerprint density at radius 1 is 0.738 bits per heavy atom. The van der Waals surface area contributed by atoms with Gasteiger partial charge in [0.15, 0.2) is 23.0 Å². The van der Waals surface area contributed by atoms with Crippen molar-refractivity contribution in [1.29, 1.82) is 0 Å². The number of aromatic hydroxyl groups is 3. The van der Waals surface area contributed by atoms with Crippen LogP contribution in [0.5, 0.6) is 28.7 Å². The third-order valence-corrected chi connectivity index (χ3v) is 9.72. The van der Waals surface area contributed by atoms with Crippen LogP contribution in [0.4, 0.5) is 22.7 Å². The Morgan fingerprint density at radius 2 is 1.28 bits per heavy atom. The number of aromatic carboxylic acids is 1. The van der Waals surface area contributed by atoms with Crippen LogP contribution < -0.4 is 41.4 Å². The van der Waals surface area contributed by atoms with Crippen LogP contribution in [0.2, 0.25) is 0 Å². The molecule has 314 valence electrons. The summed E-state index contributed by atoms with van der Waals surface area (Å²) in [6, 6.07) is 23.6. The van der Waals surface area contributed by atoms with Crippen LogP contribution in [-0.4, -0.2) is 83.0 Å². The molecule has 1 aliphatic rings. The number of ether oxygens (including phenoxy) is 2. The van der Waals surface area contributed by atoms with E-state index in [1.807, 2.05) is 25.1 Å². The SMILES string of the molecule is COc1c(NC(=O)c2ccc(NC(=O)c3ccc(N4C(=O)[C@@H](NC(=O)c5ccc(NC/C(C)=C/c6ccc(O)cc6)cc5)CC4N)cc3)c(OC)c2O)ccc(C(=O)O)c1O. The van der Waals surface area contributed by atoms with Crippen LogP contribution in [0.3, 0.4) is 0 Å². The molecule has 0 saturated carbocycles. The predicted octanol–water partition coefficient (Wildman–Crippen LogP) is 5.36. The minimum absolute atomic E-state index is 0.0158. The van der Waals surface area contributed by atoms with Crippen molar-refractivity contribution in [1.82, 2.24) is 5.32 Å². The molecule has 0 bridgehead atoms. The van der Waals surface area contributed by atoms with E-state index in [0.717, 1.165) is 22.9 Å². The van der Waals surface area contributed by atoms with Gasteiger partial charge < -0.3 is 56.9 Å². The lowest BCUT2D eigenvalue weighted by Gasteiger charge is -2.21. The third kappa shape index (κ3) is 9.48. The van der Waals surface area contributed by atoms with Gasteiger partial charge in [0, 0.05) is 35.5 Å². The molecule has 1 unspecified atom stereocenters. The molecule has 10 N–H and O–H groups in total. The summed E-state index contributed by atoms with van der Waals surface area (Å²) in [4.78, 5) is 65.8.